The lowest BCUT2D eigenvalue weighted by Crippen LogP contribution is -2.45. The number of rotatable bonds is 7. The maximum Gasteiger partial charge on any atom is 0.119 e. The standard InChI is InChI=1S/C16H26BrN3O/c1-19-8-10-20(11-9-19)7-3-6-18-13-14-12-15(21-2)4-5-16(14)17/h4-5,12,18H,3,6-11,13H2,1-2H3. The van der Waals surface area contributed by atoms with Gasteiger partial charge >= 0.3 is 0 Å². The molecule has 1 fully saturated rings. The summed E-state index contributed by atoms with van der Waals surface area (Å²) in [5.41, 5.74) is 1.24. The van der Waals surface area contributed by atoms with Crippen LogP contribution in [0, 0.1) is 0 Å². The van der Waals surface area contributed by atoms with E-state index in [1.807, 2.05) is 12.1 Å². The Kier molecular flexibility index (Phi) is 6.96. The Morgan fingerprint density at radius 3 is 2.71 bits per heavy atom. The van der Waals surface area contributed by atoms with Crippen molar-refractivity contribution in [3.63, 3.8) is 0 Å². The van der Waals surface area contributed by atoms with E-state index in [9.17, 15) is 0 Å². The predicted molar refractivity (Wildman–Crippen MR) is 91.0 cm³/mol. The van der Waals surface area contributed by atoms with E-state index in [-0.39, 0.29) is 0 Å². The first-order chi connectivity index (χ1) is 10.2. The van der Waals surface area contributed by atoms with Gasteiger partial charge in [0.15, 0.2) is 0 Å². The van der Waals surface area contributed by atoms with Crippen LogP contribution in [0.15, 0.2) is 22.7 Å². The van der Waals surface area contributed by atoms with E-state index < -0.39 is 0 Å². The lowest BCUT2D eigenvalue weighted by atomic mass is 10.2. The van der Waals surface area contributed by atoms with E-state index in [0.717, 1.165) is 23.3 Å². The number of likely N-dealkylation sites (N-methyl/N-ethyl adjacent to an activating group) is 1. The van der Waals surface area contributed by atoms with Gasteiger partial charge in [-0.3, -0.25) is 0 Å². The second-order valence-electron chi connectivity index (χ2n) is 5.63. The normalized spacial score (nSPS) is 17.1. The summed E-state index contributed by atoms with van der Waals surface area (Å²) in [4.78, 5) is 4.96. The number of ether oxygens (including phenoxy) is 1. The van der Waals surface area contributed by atoms with Crippen molar-refractivity contribution < 1.29 is 4.74 Å². The molecule has 21 heavy (non-hydrogen) atoms. The summed E-state index contributed by atoms with van der Waals surface area (Å²) in [6.45, 7) is 7.93. The molecule has 2 rings (SSSR count). The van der Waals surface area contributed by atoms with Crippen molar-refractivity contribution >= 4 is 15.9 Å². The Balaban J connectivity index is 1.63. The molecule has 0 radical (unpaired) electrons. The topological polar surface area (TPSA) is 27.7 Å². The molecule has 0 amide bonds. The van der Waals surface area contributed by atoms with E-state index in [4.69, 9.17) is 4.74 Å². The van der Waals surface area contributed by atoms with Crippen LogP contribution < -0.4 is 10.1 Å². The van der Waals surface area contributed by atoms with Gasteiger partial charge in [-0.05, 0) is 50.3 Å². The molecule has 4 nitrogen and oxygen atoms in total. The maximum atomic E-state index is 5.27. The fraction of sp³-hybridized carbons (Fsp3) is 0.625. The summed E-state index contributed by atoms with van der Waals surface area (Å²) in [5, 5.41) is 3.52. The first kappa shape index (κ1) is 16.7. The molecule has 1 aromatic carbocycles. The van der Waals surface area contributed by atoms with Crippen molar-refractivity contribution in [3.05, 3.63) is 28.2 Å². The summed E-state index contributed by atoms with van der Waals surface area (Å²) in [6.07, 6.45) is 1.20. The van der Waals surface area contributed by atoms with Gasteiger partial charge in [0.1, 0.15) is 5.75 Å². The molecule has 118 valence electrons. The Hall–Kier alpha value is -0.620. The SMILES string of the molecule is COc1ccc(Br)c(CNCCCN2CCN(C)CC2)c1. The predicted octanol–water partition coefficient (Wildman–Crippen LogP) is 2.18. The average molecular weight is 356 g/mol. The fourth-order valence-corrected chi connectivity index (χ4v) is 2.92. The van der Waals surface area contributed by atoms with E-state index >= 15 is 0 Å². The van der Waals surface area contributed by atoms with E-state index in [0.29, 0.717) is 0 Å². The molecule has 1 saturated heterocycles. The molecule has 1 heterocycles. The van der Waals surface area contributed by atoms with Gasteiger partial charge in [0.25, 0.3) is 0 Å². The van der Waals surface area contributed by atoms with Crippen LogP contribution in [-0.4, -0.2) is 63.2 Å². The Bertz CT molecular complexity index is 434. The van der Waals surface area contributed by atoms with E-state index in [1.54, 1.807) is 7.11 Å². The van der Waals surface area contributed by atoms with Gasteiger partial charge in [0, 0.05) is 37.2 Å². The minimum absolute atomic E-state index is 0.876. The van der Waals surface area contributed by atoms with Crippen LogP contribution in [0.5, 0.6) is 5.75 Å². The second-order valence-corrected chi connectivity index (χ2v) is 6.49. The summed E-state index contributed by atoms with van der Waals surface area (Å²) in [5.74, 6) is 0.910. The number of nitrogens with one attached hydrogen (secondary N) is 1. The van der Waals surface area contributed by atoms with Crippen molar-refractivity contribution in [3.8, 4) is 5.75 Å². The van der Waals surface area contributed by atoms with Crippen molar-refractivity contribution in [2.45, 2.75) is 13.0 Å². The summed E-state index contributed by atoms with van der Waals surface area (Å²) in [7, 11) is 3.90. The monoisotopic (exact) mass is 355 g/mol. The van der Waals surface area contributed by atoms with Gasteiger partial charge in [0.05, 0.1) is 7.11 Å². The first-order valence-electron chi connectivity index (χ1n) is 7.63. The molecular formula is C16H26BrN3O. The summed E-state index contributed by atoms with van der Waals surface area (Å²) < 4.78 is 6.40. The minimum Gasteiger partial charge on any atom is -0.497 e. The summed E-state index contributed by atoms with van der Waals surface area (Å²) in [6, 6.07) is 6.10. The van der Waals surface area contributed by atoms with Gasteiger partial charge in [-0.2, -0.15) is 0 Å². The molecular weight excluding hydrogens is 330 g/mol. The molecule has 0 atom stereocenters. The lowest BCUT2D eigenvalue weighted by molar-refractivity contribution is 0.152. The molecule has 1 aliphatic heterocycles. The largest absolute Gasteiger partial charge is 0.497 e. The van der Waals surface area contributed by atoms with Crippen LogP contribution in [-0.2, 0) is 6.54 Å². The molecule has 0 aromatic heterocycles. The number of halogens is 1. The lowest BCUT2D eigenvalue weighted by Gasteiger charge is -2.32. The maximum absolute atomic E-state index is 5.27. The molecule has 5 heteroatoms. The second kappa shape index (κ2) is 8.73. The first-order valence-corrected chi connectivity index (χ1v) is 8.42. The molecule has 0 saturated carbocycles. The third-order valence-corrected chi connectivity index (χ3v) is 4.77. The molecule has 0 spiro atoms. The molecule has 1 aromatic rings. The van der Waals surface area contributed by atoms with Gasteiger partial charge in [-0.25, -0.2) is 0 Å². The highest BCUT2D eigenvalue weighted by atomic mass is 79.9. The minimum atomic E-state index is 0.876. The number of hydrogen-bond acceptors (Lipinski definition) is 4. The quantitative estimate of drug-likeness (QED) is 0.758. The summed E-state index contributed by atoms with van der Waals surface area (Å²) >= 11 is 3.59. The molecule has 0 unspecified atom stereocenters. The number of nitrogens with zero attached hydrogens (tertiary/aromatic N) is 2. The molecule has 1 N–H and O–H groups in total. The van der Waals surface area contributed by atoms with Crippen LogP contribution in [0.3, 0.4) is 0 Å². The number of hydrogen-bond donors (Lipinski definition) is 1. The van der Waals surface area contributed by atoms with Gasteiger partial charge in [-0.1, -0.05) is 15.9 Å². The van der Waals surface area contributed by atoms with Crippen molar-refractivity contribution in [1.82, 2.24) is 15.1 Å². The highest BCUT2D eigenvalue weighted by Gasteiger charge is 2.12. The van der Waals surface area contributed by atoms with Crippen LogP contribution in [0.2, 0.25) is 0 Å². The Labute approximate surface area is 136 Å². The van der Waals surface area contributed by atoms with E-state index in [2.05, 4.69) is 44.2 Å². The Morgan fingerprint density at radius 2 is 2.00 bits per heavy atom. The third kappa shape index (κ3) is 5.58. The zero-order valence-corrected chi connectivity index (χ0v) is 14.7. The zero-order chi connectivity index (χ0) is 15.1. The highest BCUT2D eigenvalue weighted by Crippen LogP contribution is 2.22. The van der Waals surface area contributed by atoms with Gasteiger partial charge < -0.3 is 19.9 Å². The van der Waals surface area contributed by atoms with Crippen LogP contribution in [0.1, 0.15) is 12.0 Å². The fourth-order valence-electron chi connectivity index (χ4n) is 2.54. The third-order valence-electron chi connectivity index (χ3n) is 3.99. The van der Waals surface area contributed by atoms with Crippen molar-refractivity contribution in [2.75, 3.05) is 53.4 Å². The van der Waals surface area contributed by atoms with Crippen LogP contribution in [0.25, 0.3) is 0 Å². The highest BCUT2D eigenvalue weighted by molar-refractivity contribution is 9.10. The smallest absolute Gasteiger partial charge is 0.119 e. The molecule has 0 bridgehead atoms. The van der Waals surface area contributed by atoms with Crippen LogP contribution >= 0.6 is 15.9 Å². The molecule has 1 aliphatic rings. The number of piperazine rings is 1. The zero-order valence-electron chi connectivity index (χ0n) is 13.1. The number of methoxy groups -OCH3 is 1. The molecule has 0 aliphatic carbocycles. The van der Waals surface area contributed by atoms with Crippen LogP contribution in [0.4, 0.5) is 0 Å². The number of benzene rings is 1. The van der Waals surface area contributed by atoms with Crippen molar-refractivity contribution in [1.29, 1.82) is 0 Å². The van der Waals surface area contributed by atoms with Crippen molar-refractivity contribution in [2.24, 2.45) is 0 Å². The Morgan fingerprint density at radius 1 is 1.24 bits per heavy atom. The van der Waals surface area contributed by atoms with Gasteiger partial charge in [-0.15, -0.1) is 0 Å². The average Bonchev–Trinajstić information content (AvgIpc) is 2.50. The van der Waals surface area contributed by atoms with E-state index in [1.165, 1.54) is 44.7 Å². The van der Waals surface area contributed by atoms with Gasteiger partial charge in [0.2, 0.25) is 0 Å².